The van der Waals surface area contributed by atoms with Gasteiger partial charge >= 0.3 is 0 Å². The third kappa shape index (κ3) is 6.01. The monoisotopic (exact) mass is 490 g/mol. The molecule has 30 heavy (non-hydrogen) atoms. The number of nitrogens with one attached hydrogen (secondary N) is 1. The van der Waals surface area contributed by atoms with Crippen molar-refractivity contribution in [1.29, 1.82) is 0 Å². The minimum atomic E-state index is -1.78. The van der Waals surface area contributed by atoms with Crippen molar-refractivity contribution in [2.24, 2.45) is 11.0 Å². The van der Waals surface area contributed by atoms with Gasteiger partial charge in [-0.3, -0.25) is 4.79 Å². The molecule has 0 bridgehead atoms. The zero-order chi connectivity index (χ0) is 22.7. The molecule has 1 atom stereocenters. The van der Waals surface area contributed by atoms with Gasteiger partial charge in [0.25, 0.3) is 0 Å². The van der Waals surface area contributed by atoms with Gasteiger partial charge in [0.15, 0.2) is 14.1 Å². The Bertz CT molecular complexity index is 864. The number of amides is 1. The lowest BCUT2D eigenvalue weighted by Gasteiger charge is -2.35. The van der Waals surface area contributed by atoms with Crippen LogP contribution in [-0.4, -0.2) is 33.2 Å². The van der Waals surface area contributed by atoms with Gasteiger partial charge in [0.2, 0.25) is 5.91 Å². The summed E-state index contributed by atoms with van der Waals surface area (Å²) in [7, 11) is -1.78. The van der Waals surface area contributed by atoms with Crippen molar-refractivity contribution in [1.82, 2.24) is 5.43 Å². The number of nitrogens with zero attached hydrogens (tertiary/aromatic N) is 1. The molecular weight excluding hydrogens is 463 g/mol. The summed E-state index contributed by atoms with van der Waals surface area (Å²) in [6.07, 6.45) is 4.12. The maximum atomic E-state index is 11.5. The van der Waals surface area contributed by atoms with Crippen LogP contribution in [0.1, 0.15) is 39.7 Å². The Labute approximate surface area is 194 Å². The number of halogens is 3. The molecule has 1 aromatic carbocycles. The third-order valence-electron chi connectivity index (χ3n) is 5.49. The lowest BCUT2D eigenvalue weighted by Crippen LogP contribution is -2.40. The highest BCUT2D eigenvalue weighted by Crippen LogP contribution is 2.42. The molecule has 1 aliphatic heterocycles. The average Bonchev–Trinajstić information content (AvgIpc) is 2.63. The molecular formula is C21H29Cl3N2O3Si. The molecule has 0 aromatic heterocycles. The van der Waals surface area contributed by atoms with Crippen molar-refractivity contribution in [2.45, 2.75) is 52.2 Å². The summed E-state index contributed by atoms with van der Waals surface area (Å²) in [5.41, 5.74) is 3.69. The first-order valence-corrected chi connectivity index (χ1v) is 13.9. The van der Waals surface area contributed by atoms with Crippen LogP contribution in [-0.2, 0) is 9.22 Å². The standard InChI is InChI=1S/C21H29Cl3N2O3Si/c1-13-11-16(27)25-26-19(13)14-12-15(22)20(18(24)17(14)23)28-9-7-8-10-29-30(5,6)21(2,3)4/h7-8,12-13H,9-11H2,1-6H3,(H,25,27). The molecule has 0 radical (unpaired) electrons. The highest BCUT2D eigenvalue weighted by Gasteiger charge is 2.36. The fourth-order valence-electron chi connectivity index (χ4n) is 2.62. The summed E-state index contributed by atoms with van der Waals surface area (Å²) in [6, 6.07) is 1.67. The number of hydrazone groups is 1. The second-order valence-corrected chi connectivity index (χ2v) is 14.8. The quantitative estimate of drug-likeness (QED) is 0.270. The summed E-state index contributed by atoms with van der Waals surface area (Å²) in [5.74, 6) is 0.0815. The number of carbonyl (C=O) groups excluding carboxylic acids is 1. The Hall–Kier alpha value is -1.05. The Morgan fingerprint density at radius 3 is 2.43 bits per heavy atom. The number of benzene rings is 1. The highest BCUT2D eigenvalue weighted by atomic mass is 35.5. The van der Waals surface area contributed by atoms with Gasteiger partial charge in [-0.25, -0.2) is 5.43 Å². The van der Waals surface area contributed by atoms with Gasteiger partial charge in [0.1, 0.15) is 11.6 Å². The molecule has 9 heteroatoms. The highest BCUT2D eigenvalue weighted by molar-refractivity contribution is 6.74. The van der Waals surface area contributed by atoms with E-state index in [1.165, 1.54) is 0 Å². The zero-order valence-electron chi connectivity index (χ0n) is 18.2. The van der Waals surface area contributed by atoms with Crippen LogP contribution < -0.4 is 10.2 Å². The van der Waals surface area contributed by atoms with E-state index in [1.54, 1.807) is 6.07 Å². The van der Waals surface area contributed by atoms with Crippen LogP contribution in [0.15, 0.2) is 23.3 Å². The number of ether oxygens (including phenoxy) is 1. The molecule has 0 aliphatic carbocycles. The van der Waals surface area contributed by atoms with Crippen LogP contribution >= 0.6 is 34.8 Å². The van der Waals surface area contributed by atoms with Gasteiger partial charge in [-0.05, 0) is 30.3 Å². The van der Waals surface area contributed by atoms with E-state index < -0.39 is 8.32 Å². The molecule has 1 N–H and O–H groups in total. The molecule has 1 unspecified atom stereocenters. The molecule has 1 heterocycles. The predicted octanol–water partition coefficient (Wildman–Crippen LogP) is 6.46. The first-order chi connectivity index (χ1) is 13.8. The van der Waals surface area contributed by atoms with Crippen molar-refractivity contribution in [2.75, 3.05) is 13.2 Å². The van der Waals surface area contributed by atoms with Crippen LogP contribution in [0.2, 0.25) is 33.2 Å². The number of rotatable bonds is 7. The first-order valence-electron chi connectivity index (χ1n) is 9.81. The van der Waals surface area contributed by atoms with E-state index in [0.717, 1.165) is 0 Å². The topological polar surface area (TPSA) is 59.9 Å². The van der Waals surface area contributed by atoms with E-state index in [1.807, 2.05) is 19.1 Å². The van der Waals surface area contributed by atoms with Gasteiger partial charge in [0, 0.05) is 17.9 Å². The number of hydrogen-bond donors (Lipinski definition) is 1. The summed E-state index contributed by atoms with van der Waals surface area (Å²) in [6.45, 7) is 13.8. The third-order valence-corrected chi connectivity index (χ3v) is 11.1. The van der Waals surface area contributed by atoms with E-state index >= 15 is 0 Å². The summed E-state index contributed by atoms with van der Waals surface area (Å²) in [4.78, 5) is 11.5. The van der Waals surface area contributed by atoms with E-state index in [9.17, 15) is 4.79 Å². The summed E-state index contributed by atoms with van der Waals surface area (Å²) in [5, 5.41) is 5.13. The van der Waals surface area contributed by atoms with E-state index in [2.05, 4.69) is 44.4 Å². The summed E-state index contributed by atoms with van der Waals surface area (Å²) < 4.78 is 11.8. The van der Waals surface area contributed by atoms with Crippen molar-refractivity contribution in [3.8, 4) is 5.75 Å². The van der Waals surface area contributed by atoms with Crippen LogP contribution in [0.3, 0.4) is 0 Å². The fourth-order valence-corrected chi connectivity index (χ4v) is 4.36. The van der Waals surface area contributed by atoms with Gasteiger partial charge in [-0.15, -0.1) is 0 Å². The van der Waals surface area contributed by atoms with E-state index in [4.69, 9.17) is 44.0 Å². The van der Waals surface area contributed by atoms with E-state index in [0.29, 0.717) is 40.1 Å². The molecule has 0 saturated heterocycles. The van der Waals surface area contributed by atoms with Crippen LogP contribution in [0.5, 0.6) is 5.75 Å². The lowest BCUT2D eigenvalue weighted by atomic mass is 9.94. The smallest absolute Gasteiger partial charge is 0.240 e. The second kappa shape index (κ2) is 10.0. The molecule has 1 amide bonds. The van der Waals surface area contributed by atoms with E-state index in [-0.39, 0.29) is 28.5 Å². The first kappa shape index (κ1) is 25.2. The minimum Gasteiger partial charge on any atom is -0.486 e. The summed E-state index contributed by atoms with van der Waals surface area (Å²) >= 11 is 19.3. The largest absolute Gasteiger partial charge is 0.486 e. The van der Waals surface area contributed by atoms with Crippen molar-refractivity contribution in [3.05, 3.63) is 38.8 Å². The molecule has 1 aromatic rings. The van der Waals surface area contributed by atoms with Gasteiger partial charge in [-0.1, -0.05) is 68.6 Å². The molecule has 5 nitrogen and oxygen atoms in total. The maximum absolute atomic E-state index is 11.5. The minimum absolute atomic E-state index is 0.0982. The zero-order valence-corrected chi connectivity index (χ0v) is 21.5. The van der Waals surface area contributed by atoms with Gasteiger partial charge in [-0.2, -0.15) is 5.10 Å². The Kier molecular flexibility index (Phi) is 8.44. The van der Waals surface area contributed by atoms with Crippen LogP contribution in [0.4, 0.5) is 0 Å². The fraction of sp³-hybridized carbons (Fsp3) is 0.524. The van der Waals surface area contributed by atoms with Crippen LogP contribution in [0.25, 0.3) is 0 Å². The predicted molar refractivity (Wildman–Crippen MR) is 128 cm³/mol. The van der Waals surface area contributed by atoms with Crippen LogP contribution in [0, 0.1) is 5.92 Å². The maximum Gasteiger partial charge on any atom is 0.240 e. The molecule has 0 saturated carbocycles. The molecule has 166 valence electrons. The Balaban J connectivity index is 2.04. The lowest BCUT2D eigenvalue weighted by molar-refractivity contribution is -0.121. The molecule has 0 fully saturated rings. The molecule has 2 rings (SSSR count). The number of carbonyl (C=O) groups is 1. The average molecular weight is 492 g/mol. The Morgan fingerprint density at radius 2 is 1.83 bits per heavy atom. The van der Waals surface area contributed by atoms with Crippen molar-refractivity contribution in [3.63, 3.8) is 0 Å². The number of hydrogen-bond acceptors (Lipinski definition) is 4. The van der Waals surface area contributed by atoms with Crippen molar-refractivity contribution < 1.29 is 14.0 Å². The Morgan fingerprint density at radius 1 is 1.20 bits per heavy atom. The molecule has 1 aliphatic rings. The van der Waals surface area contributed by atoms with Crippen molar-refractivity contribution >= 4 is 54.7 Å². The molecule has 0 spiro atoms. The normalized spacial score (nSPS) is 17.8. The van der Waals surface area contributed by atoms with Gasteiger partial charge < -0.3 is 9.16 Å². The SMILES string of the molecule is CC1CC(=O)NN=C1c1cc(Cl)c(OCC=CCO[Si](C)(C)C(C)(C)C)c(Cl)c1Cl. The van der Waals surface area contributed by atoms with Gasteiger partial charge in [0.05, 0.1) is 22.4 Å². The second-order valence-electron chi connectivity index (χ2n) is 8.85.